The van der Waals surface area contributed by atoms with E-state index < -0.39 is 11.5 Å². The van der Waals surface area contributed by atoms with Crippen molar-refractivity contribution in [3.8, 4) is 0 Å². The number of hydrogen-bond donors (Lipinski definition) is 2. The zero-order valence-corrected chi connectivity index (χ0v) is 22.3. The zero-order chi connectivity index (χ0) is 24.2. The van der Waals surface area contributed by atoms with Gasteiger partial charge in [-0.3, -0.25) is 4.79 Å². The average molecular weight is 457 g/mol. The second-order valence-electron chi connectivity index (χ2n) is 14.9. The Morgan fingerprint density at radius 1 is 0.939 bits per heavy atom. The first-order chi connectivity index (χ1) is 15.2. The molecule has 0 radical (unpaired) electrons. The standard InChI is InChI=1S/C30H48O3/c1-25(2)16-20-19-8-9-22-27(4)12-11-23(32)28(5,18-31)21(27)10-13-30(22,7)29(19,6)15-14-26(20,3)17-24(25)33/h8,20-23,31-32H,9-18H2,1-7H3. The normalized spacial score (nSPS) is 55.5. The molecule has 0 heterocycles. The van der Waals surface area contributed by atoms with Crippen molar-refractivity contribution in [2.45, 2.75) is 112 Å². The third-order valence-electron chi connectivity index (χ3n) is 13.1. The van der Waals surface area contributed by atoms with Crippen LogP contribution in [0.1, 0.15) is 106 Å². The van der Waals surface area contributed by atoms with Crippen LogP contribution in [0.4, 0.5) is 0 Å². The zero-order valence-electron chi connectivity index (χ0n) is 22.3. The SMILES string of the molecule is CC1(C)CC2C3=CCC4C5(C)CCC(O)C(C)(CO)C5CCC4(C)C3(C)CCC2(C)CC1=O. The highest BCUT2D eigenvalue weighted by Gasteiger charge is 2.68. The van der Waals surface area contributed by atoms with Crippen molar-refractivity contribution in [1.82, 2.24) is 0 Å². The van der Waals surface area contributed by atoms with Crippen LogP contribution < -0.4 is 0 Å². The molecule has 9 atom stereocenters. The molecule has 0 aromatic carbocycles. The molecule has 0 saturated heterocycles. The van der Waals surface area contributed by atoms with Crippen molar-refractivity contribution in [2.75, 3.05) is 6.61 Å². The lowest BCUT2D eigenvalue weighted by Gasteiger charge is -2.71. The van der Waals surface area contributed by atoms with Crippen molar-refractivity contribution in [2.24, 2.45) is 50.2 Å². The van der Waals surface area contributed by atoms with Crippen LogP contribution in [0.15, 0.2) is 11.6 Å². The van der Waals surface area contributed by atoms with Crippen molar-refractivity contribution in [3.05, 3.63) is 11.6 Å². The van der Waals surface area contributed by atoms with Gasteiger partial charge < -0.3 is 10.2 Å². The van der Waals surface area contributed by atoms with Crippen LogP contribution in [0.25, 0.3) is 0 Å². The Labute approximate surface area is 201 Å². The van der Waals surface area contributed by atoms with Gasteiger partial charge in [0, 0.05) is 17.3 Å². The Balaban J connectivity index is 1.58. The van der Waals surface area contributed by atoms with E-state index in [-0.39, 0.29) is 33.7 Å². The highest BCUT2D eigenvalue weighted by Crippen LogP contribution is 2.75. The molecule has 0 bridgehead atoms. The Bertz CT molecular complexity index is 889. The number of fused-ring (bicyclic) bond motifs is 7. The van der Waals surface area contributed by atoms with Gasteiger partial charge in [-0.25, -0.2) is 0 Å². The molecule has 3 heteroatoms. The quantitative estimate of drug-likeness (QED) is 0.454. The molecule has 0 aliphatic heterocycles. The van der Waals surface area contributed by atoms with Gasteiger partial charge >= 0.3 is 0 Å². The van der Waals surface area contributed by atoms with Crippen molar-refractivity contribution >= 4 is 5.78 Å². The molecule has 0 spiro atoms. The van der Waals surface area contributed by atoms with Crippen LogP contribution in [0.2, 0.25) is 0 Å². The molecule has 3 nitrogen and oxygen atoms in total. The summed E-state index contributed by atoms with van der Waals surface area (Å²) in [7, 11) is 0. The summed E-state index contributed by atoms with van der Waals surface area (Å²) in [5.74, 6) is 1.93. The smallest absolute Gasteiger partial charge is 0.139 e. The van der Waals surface area contributed by atoms with Gasteiger partial charge in [0.15, 0.2) is 0 Å². The molecular formula is C30H48O3. The summed E-state index contributed by atoms with van der Waals surface area (Å²) in [5, 5.41) is 21.3. The number of ketones is 1. The first-order valence-corrected chi connectivity index (χ1v) is 13.7. The number of Topliss-reactive ketones (excluding diaryl/α,β-unsaturated/α-hetero) is 1. The minimum absolute atomic E-state index is 0.0831. The fraction of sp³-hybridized carbons (Fsp3) is 0.900. The highest BCUT2D eigenvalue weighted by atomic mass is 16.3. The average Bonchev–Trinajstić information content (AvgIpc) is 2.73. The summed E-state index contributed by atoms with van der Waals surface area (Å²) in [6.07, 6.45) is 11.6. The number of carbonyl (C=O) groups excluding carboxylic acids is 1. The molecule has 9 unspecified atom stereocenters. The monoisotopic (exact) mass is 456 g/mol. The van der Waals surface area contributed by atoms with Gasteiger partial charge in [0.2, 0.25) is 0 Å². The van der Waals surface area contributed by atoms with E-state index in [1.165, 1.54) is 12.8 Å². The summed E-state index contributed by atoms with van der Waals surface area (Å²) in [5.41, 5.74) is 1.75. The van der Waals surface area contributed by atoms with Crippen LogP contribution in [0.5, 0.6) is 0 Å². The van der Waals surface area contributed by atoms with Gasteiger partial charge in [0.25, 0.3) is 0 Å². The number of aliphatic hydroxyl groups excluding tert-OH is 2. The molecule has 0 aromatic rings. The number of hydrogen-bond acceptors (Lipinski definition) is 3. The second kappa shape index (κ2) is 6.96. The van der Waals surface area contributed by atoms with Gasteiger partial charge in [-0.15, -0.1) is 0 Å². The third-order valence-corrected chi connectivity index (χ3v) is 13.1. The van der Waals surface area contributed by atoms with Gasteiger partial charge in [0.05, 0.1) is 12.7 Å². The van der Waals surface area contributed by atoms with Gasteiger partial charge in [0.1, 0.15) is 5.78 Å². The van der Waals surface area contributed by atoms with E-state index in [1.807, 2.05) is 0 Å². The topological polar surface area (TPSA) is 57.5 Å². The Hall–Kier alpha value is -0.670. The lowest BCUT2D eigenvalue weighted by atomic mass is 9.33. The van der Waals surface area contributed by atoms with Crippen molar-refractivity contribution < 1.29 is 15.0 Å². The predicted molar refractivity (Wildman–Crippen MR) is 133 cm³/mol. The Morgan fingerprint density at radius 2 is 1.64 bits per heavy atom. The molecule has 0 aromatic heterocycles. The maximum Gasteiger partial charge on any atom is 0.139 e. The largest absolute Gasteiger partial charge is 0.396 e. The van der Waals surface area contributed by atoms with Gasteiger partial charge in [-0.05, 0) is 90.8 Å². The Kier molecular flexibility index (Phi) is 5.07. The van der Waals surface area contributed by atoms with E-state index >= 15 is 0 Å². The molecule has 33 heavy (non-hydrogen) atoms. The van der Waals surface area contributed by atoms with Crippen LogP contribution in [0, 0.1) is 50.2 Å². The molecule has 4 saturated carbocycles. The van der Waals surface area contributed by atoms with Crippen molar-refractivity contribution in [3.63, 3.8) is 0 Å². The number of carbonyl (C=O) groups is 1. The molecule has 186 valence electrons. The first kappa shape index (κ1) is 24.0. The minimum Gasteiger partial charge on any atom is -0.396 e. The van der Waals surface area contributed by atoms with E-state index in [2.05, 4.69) is 54.5 Å². The summed E-state index contributed by atoms with van der Waals surface area (Å²) < 4.78 is 0. The maximum absolute atomic E-state index is 13.0. The summed E-state index contributed by atoms with van der Waals surface area (Å²) in [4.78, 5) is 13.0. The lowest BCUT2D eigenvalue weighted by Crippen LogP contribution is -2.65. The van der Waals surface area contributed by atoms with Crippen molar-refractivity contribution in [1.29, 1.82) is 0 Å². The van der Waals surface area contributed by atoms with Gasteiger partial charge in [-0.1, -0.05) is 60.1 Å². The highest BCUT2D eigenvalue weighted by molar-refractivity contribution is 5.86. The van der Waals surface area contributed by atoms with Crippen LogP contribution in [0.3, 0.4) is 0 Å². The fourth-order valence-electron chi connectivity index (χ4n) is 10.4. The summed E-state index contributed by atoms with van der Waals surface area (Å²) in [6, 6.07) is 0. The molecule has 5 aliphatic rings. The van der Waals surface area contributed by atoms with Crippen LogP contribution >= 0.6 is 0 Å². The molecule has 5 rings (SSSR count). The summed E-state index contributed by atoms with van der Waals surface area (Å²) in [6.45, 7) is 16.6. The maximum atomic E-state index is 13.0. The predicted octanol–water partition coefficient (Wildman–Crippen LogP) is 6.32. The molecule has 5 aliphatic carbocycles. The fourth-order valence-corrected chi connectivity index (χ4v) is 10.4. The third kappa shape index (κ3) is 2.85. The molecule has 2 N–H and O–H groups in total. The minimum atomic E-state index is -0.396. The van der Waals surface area contributed by atoms with Crippen LogP contribution in [-0.2, 0) is 4.79 Å². The van der Waals surface area contributed by atoms with E-state index in [0.29, 0.717) is 23.5 Å². The lowest BCUT2D eigenvalue weighted by molar-refractivity contribution is -0.215. The van der Waals surface area contributed by atoms with E-state index in [4.69, 9.17) is 0 Å². The number of rotatable bonds is 1. The van der Waals surface area contributed by atoms with Gasteiger partial charge in [-0.2, -0.15) is 0 Å². The number of allylic oxidation sites excluding steroid dienone is 2. The number of aliphatic hydroxyl groups is 2. The second-order valence-corrected chi connectivity index (χ2v) is 14.9. The molecule has 0 amide bonds. The van der Waals surface area contributed by atoms with E-state index in [0.717, 1.165) is 44.9 Å². The molecular weight excluding hydrogens is 408 g/mol. The molecule has 4 fully saturated rings. The van der Waals surface area contributed by atoms with Crippen LogP contribution in [-0.4, -0.2) is 28.7 Å². The Morgan fingerprint density at radius 3 is 2.30 bits per heavy atom. The van der Waals surface area contributed by atoms with E-state index in [9.17, 15) is 15.0 Å². The first-order valence-electron chi connectivity index (χ1n) is 13.7. The van der Waals surface area contributed by atoms with E-state index in [1.54, 1.807) is 5.57 Å². The summed E-state index contributed by atoms with van der Waals surface area (Å²) >= 11 is 0.